The average molecular weight is 315 g/mol. The van der Waals surface area contributed by atoms with E-state index in [0.717, 1.165) is 10.4 Å². The van der Waals surface area contributed by atoms with Gasteiger partial charge in [-0.05, 0) is 23.8 Å². The zero-order valence-corrected chi connectivity index (χ0v) is 12.1. The molecule has 8 heteroatoms. The van der Waals surface area contributed by atoms with Crippen LogP contribution in [0.2, 0.25) is 0 Å². The Balaban J connectivity index is 2.49. The molecule has 0 aromatic heterocycles. The fourth-order valence-electron chi connectivity index (χ4n) is 2.02. The largest absolute Gasteiger partial charge is 0.478 e. The molecule has 2 rings (SSSR count). The molecule has 114 valence electrons. The fourth-order valence-corrected chi connectivity index (χ4v) is 3.60. The number of ether oxygens (including phenoxy) is 1. The molecule has 0 fully saturated rings. The third-order valence-electron chi connectivity index (χ3n) is 3.08. The number of sulfonamides is 1. The Labute approximate surface area is 121 Å². The van der Waals surface area contributed by atoms with Crippen molar-refractivity contribution >= 4 is 16.0 Å². The van der Waals surface area contributed by atoms with Crippen molar-refractivity contribution in [2.24, 2.45) is 0 Å². The van der Waals surface area contributed by atoms with E-state index >= 15 is 0 Å². The molecule has 1 aliphatic rings. The van der Waals surface area contributed by atoms with E-state index < -0.39 is 21.8 Å². The molecular formula is C13H14FNO5S. The van der Waals surface area contributed by atoms with Gasteiger partial charge in [0.2, 0.25) is 10.0 Å². The third-order valence-corrected chi connectivity index (χ3v) is 4.97. The molecule has 1 aliphatic heterocycles. The molecule has 0 amide bonds. The summed E-state index contributed by atoms with van der Waals surface area (Å²) < 4.78 is 44.0. The summed E-state index contributed by atoms with van der Waals surface area (Å²) in [6.45, 7) is -0.401. The molecule has 0 aliphatic carbocycles. The molecule has 21 heavy (non-hydrogen) atoms. The van der Waals surface area contributed by atoms with E-state index in [4.69, 9.17) is 9.84 Å². The van der Waals surface area contributed by atoms with Crippen LogP contribution in [0.15, 0.2) is 35.0 Å². The maximum absolute atomic E-state index is 13.1. The SMILES string of the molecule is COCc1ccc(C(=O)O)cc1S(=O)(=O)N1CC=C(F)C1. The van der Waals surface area contributed by atoms with Gasteiger partial charge >= 0.3 is 5.97 Å². The molecule has 1 heterocycles. The summed E-state index contributed by atoms with van der Waals surface area (Å²) in [6.07, 6.45) is 1.18. The lowest BCUT2D eigenvalue weighted by molar-refractivity contribution is 0.0696. The number of hydrogen-bond donors (Lipinski definition) is 1. The van der Waals surface area contributed by atoms with E-state index in [1.807, 2.05) is 0 Å². The lowest BCUT2D eigenvalue weighted by Crippen LogP contribution is -2.30. The van der Waals surface area contributed by atoms with Gasteiger partial charge < -0.3 is 9.84 Å². The first kappa shape index (κ1) is 15.6. The standard InChI is InChI=1S/C13H14FNO5S/c1-20-8-10-3-2-9(13(16)17)6-12(10)21(18,19)15-5-4-11(14)7-15/h2-4,6H,5,7-8H2,1H3,(H,16,17). The number of nitrogens with zero attached hydrogens (tertiary/aromatic N) is 1. The molecule has 0 spiro atoms. The molecule has 0 saturated carbocycles. The predicted octanol–water partition coefficient (Wildman–Crippen LogP) is 1.39. The molecular weight excluding hydrogens is 301 g/mol. The Bertz CT molecular complexity index is 699. The van der Waals surface area contributed by atoms with Crippen LogP contribution in [0, 0.1) is 0 Å². The van der Waals surface area contributed by atoms with E-state index in [0.29, 0.717) is 5.56 Å². The van der Waals surface area contributed by atoms with E-state index in [1.165, 1.54) is 25.3 Å². The van der Waals surface area contributed by atoms with E-state index in [-0.39, 0.29) is 30.2 Å². The normalized spacial score (nSPS) is 16.0. The van der Waals surface area contributed by atoms with Crippen LogP contribution >= 0.6 is 0 Å². The molecule has 0 saturated heterocycles. The Morgan fingerprint density at radius 2 is 2.19 bits per heavy atom. The number of methoxy groups -OCH3 is 1. The van der Waals surface area contributed by atoms with Gasteiger partial charge in [0.15, 0.2) is 0 Å². The first-order chi connectivity index (χ1) is 9.86. The third kappa shape index (κ3) is 3.12. The summed E-state index contributed by atoms with van der Waals surface area (Å²) in [4.78, 5) is 10.8. The van der Waals surface area contributed by atoms with E-state index in [9.17, 15) is 17.6 Å². The molecule has 0 radical (unpaired) electrons. The Morgan fingerprint density at radius 3 is 2.71 bits per heavy atom. The van der Waals surface area contributed by atoms with Crippen molar-refractivity contribution < 1.29 is 27.4 Å². The number of halogens is 1. The monoisotopic (exact) mass is 315 g/mol. The number of rotatable bonds is 5. The summed E-state index contributed by atoms with van der Waals surface area (Å²) in [6, 6.07) is 3.76. The van der Waals surface area contributed by atoms with Crippen LogP contribution in [0.4, 0.5) is 4.39 Å². The van der Waals surface area contributed by atoms with Crippen LogP contribution in [0.1, 0.15) is 15.9 Å². The molecule has 6 nitrogen and oxygen atoms in total. The Kier molecular flexibility index (Phi) is 4.40. The summed E-state index contributed by atoms with van der Waals surface area (Å²) in [7, 11) is -2.58. The first-order valence-corrected chi connectivity index (χ1v) is 7.50. The summed E-state index contributed by atoms with van der Waals surface area (Å²) in [5.41, 5.74) is 0.177. The van der Waals surface area contributed by atoms with Crippen LogP contribution in [-0.2, 0) is 21.4 Å². The van der Waals surface area contributed by atoms with Gasteiger partial charge in [-0.2, -0.15) is 4.31 Å². The van der Waals surface area contributed by atoms with Crippen molar-refractivity contribution in [2.45, 2.75) is 11.5 Å². The lowest BCUT2D eigenvalue weighted by Gasteiger charge is -2.18. The average Bonchev–Trinajstić information content (AvgIpc) is 2.86. The highest BCUT2D eigenvalue weighted by atomic mass is 32.2. The van der Waals surface area contributed by atoms with Crippen molar-refractivity contribution in [2.75, 3.05) is 20.2 Å². The summed E-state index contributed by atoms with van der Waals surface area (Å²) in [5.74, 6) is -1.76. The minimum Gasteiger partial charge on any atom is -0.478 e. The maximum Gasteiger partial charge on any atom is 0.335 e. The van der Waals surface area contributed by atoms with Crippen LogP contribution in [-0.4, -0.2) is 44.0 Å². The number of carboxylic acids is 1. The molecule has 1 aromatic carbocycles. The van der Waals surface area contributed by atoms with Crippen molar-refractivity contribution in [3.63, 3.8) is 0 Å². The highest BCUT2D eigenvalue weighted by molar-refractivity contribution is 7.89. The molecule has 1 N–H and O–H groups in total. The molecule has 0 unspecified atom stereocenters. The van der Waals surface area contributed by atoms with Crippen molar-refractivity contribution in [1.29, 1.82) is 0 Å². The maximum atomic E-state index is 13.1. The van der Waals surface area contributed by atoms with Gasteiger partial charge in [0.05, 0.1) is 23.6 Å². The van der Waals surface area contributed by atoms with Crippen LogP contribution < -0.4 is 0 Å². The zero-order valence-electron chi connectivity index (χ0n) is 11.2. The second-order valence-electron chi connectivity index (χ2n) is 4.51. The number of aromatic carboxylic acids is 1. The second-order valence-corrected chi connectivity index (χ2v) is 6.42. The van der Waals surface area contributed by atoms with Gasteiger partial charge in [-0.25, -0.2) is 17.6 Å². The highest BCUT2D eigenvalue weighted by Crippen LogP contribution is 2.26. The molecule has 1 aromatic rings. The topological polar surface area (TPSA) is 83.9 Å². The van der Waals surface area contributed by atoms with Crippen molar-refractivity contribution in [3.05, 3.63) is 41.2 Å². The smallest absolute Gasteiger partial charge is 0.335 e. The van der Waals surface area contributed by atoms with Gasteiger partial charge in [0.1, 0.15) is 5.83 Å². The molecule has 0 bridgehead atoms. The number of carboxylic acid groups (broad SMARTS) is 1. The Morgan fingerprint density at radius 1 is 1.48 bits per heavy atom. The number of hydrogen-bond acceptors (Lipinski definition) is 4. The summed E-state index contributed by atoms with van der Waals surface area (Å²) >= 11 is 0. The van der Waals surface area contributed by atoms with Crippen molar-refractivity contribution in [1.82, 2.24) is 4.31 Å². The van der Waals surface area contributed by atoms with Crippen LogP contribution in [0.25, 0.3) is 0 Å². The number of benzene rings is 1. The van der Waals surface area contributed by atoms with Crippen molar-refractivity contribution in [3.8, 4) is 0 Å². The van der Waals surface area contributed by atoms with Crippen LogP contribution in [0.3, 0.4) is 0 Å². The minimum absolute atomic E-state index is 0.0121. The fraction of sp³-hybridized carbons (Fsp3) is 0.308. The highest BCUT2D eigenvalue weighted by Gasteiger charge is 2.30. The lowest BCUT2D eigenvalue weighted by atomic mass is 10.1. The first-order valence-electron chi connectivity index (χ1n) is 6.06. The van der Waals surface area contributed by atoms with Gasteiger partial charge in [-0.3, -0.25) is 0 Å². The number of carbonyl (C=O) groups is 1. The minimum atomic E-state index is -3.98. The molecule has 0 atom stereocenters. The van der Waals surface area contributed by atoms with E-state index in [2.05, 4.69) is 0 Å². The van der Waals surface area contributed by atoms with Crippen LogP contribution in [0.5, 0.6) is 0 Å². The Hall–Kier alpha value is -1.77. The summed E-state index contributed by atoms with van der Waals surface area (Å²) in [5, 5.41) is 8.99. The van der Waals surface area contributed by atoms with Gasteiger partial charge in [-0.15, -0.1) is 0 Å². The second kappa shape index (κ2) is 5.92. The quantitative estimate of drug-likeness (QED) is 0.887. The van der Waals surface area contributed by atoms with Gasteiger partial charge in [0, 0.05) is 13.7 Å². The zero-order chi connectivity index (χ0) is 15.6. The van der Waals surface area contributed by atoms with Gasteiger partial charge in [-0.1, -0.05) is 6.07 Å². The van der Waals surface area contributed by atoms with E-state index in [1.54, 1.807) is 0 Å². The predicted molar refractivity (Wildman–Crippen MR) is 72.1 cm³/mol. The van der Waals surface area contributed by atoms with Gasteiger partial charge in [0.25, 0.3) is 0 Å².